The van der Waals surface area contributed by atoms with E-state index in [9.17, 15) is 4.39 Å². The van der Waals surface area contributed by atoms with Gasteiger partial charge in [0.15, 0.2) is 0 Å². The Morgan fingerprint density at radius 1 is 1.47 bits per heavy atom. The van der Waals surface area contributed by atoms with E-state index in [-0.39, 0.29) is 12.4 Å². The molecule has 0 heterocycles. The van der Waals surface area contributed by atoms with Crippen molar-refractivity contribution in [2.24, 2.45) is 0 Å². The molecule has 0 aromatic heterocycles. The fraction of sp³-hybridized carbons (Fsp3) is 0.455. The van der Waals surface area contributed by atoms with E-state index in [4.69, 9.17) is 10.8 Å². The van der Waals surface area contributed by atoms with Crippen LogP contribution in [-0.4, -0.2) is 29.7 Å². The predicted molar refractivity (Wildman–Crippen MR) is 58.8 cm³/mol. The van der Waals surface area contributed by atoms with Gasteiger partial charge in [-0.15, -0.1) is 0 Å². The lowest BCUT2D eigenvalue weighted by Gasteiger charge is -2.19. The van der Waals surface area contributed by atoms with Crippen LogP contribution in [0.15, 0.2) is 18.2 Å². The van der Waals surface area contributed by atoms with Crippen molar-refractivity contribution in [1.29, 1.82) is 0 Å². The van der Waals surface area contributed by atoms with Crippen molar-refractivity contribution >= 4 is 5.69 Å². The number of likely N-dealkylation sites (N-methyl/N-ethyl adjacent to an activating group) is 1. The lowest BCUT2D eigenvalue weighted by Crippen LogP contribution is -2.26. The molecule has 4 heteroatoms. The van der Waals surface area contributed by atoms with E-state index < -0.39 is 0 Å². The van der Waals surface area contributed by atoms with E-state index in [0.717, 1.165) is 6.54 Å². The first-order valence-corrected chi connectivity index (χ1v) is 5.04. The summed E-state index contributed by atoms with van der Waals surface area (Å²) in [5.74, 6) is -0.286. The monoisotopic (exact) mass is 212 g/mol. The van der Waals surface area contributed by atoms with Crippen LogP contribution in [0, 0.1) is 5.82 Å². The molecule has 0 aliphatic heterocycles. The summed E-state index contributed by atoms with van der Waals surface area (Å²) in [6.07, 6.45) is 0. The topological polar surface area (TPSA) is 49.5 Å². The summed E-state index contributed by atoms with van der Waals surface area (Å²) in [5, 5.41) is 8.80. The molecule has 0 aliphatic carbocycles. The number of nitrogen functional groups attached to an aromatic ring is 1. The quantitative estimate of drug-likeness (QED) is 0.721. The standard InChI is InChI=1S/C11H17FN2O/c1-2-14(5-6-15)8-9-3-4-10(13)7-11(9)12/h3-4,7,15H,2,5-6,8,13H2,1H3. The van der Waals surface area contributed by atoms with Gasteiger partial charge in [-0.2, -0.15) is 0 Å². The van der Waals surface area contributed by atoms with Crippen molar-refractivity contribution in [2.45, 2.75) is 13.5 Å². The second-order valence-electron chi connectivity index (χ2n) is 3.44. The van der Waals surface area contributed by atoms with E-state index in [1.807, 2.05) is 11.8 Å². The molecule has 15 heavy (non-hydrogen) atoms. The fourth-order valence-corrected chi connectivity index (χ4v) is 1.42. The van der Waals surface area contributed by atoms with Gasteiger partial charge in [0.05, 0.1) is 6.61 Å². The highest BCUT2D eigenvalue weighted by Crippen LogP contribution is 2.13. The van der Waals surface area contributed by atoms with E-state index in [2.05, 4.69) is 0 Å². The molecule has 0 unspecified atom stereocenters. The van der Waals surface area contributed by atoms with Gasteiger partial charge < -0.3 is 10.8 Å². The first-order chi connectivity index (χ1) is 7.17. The Kier molecular flexibility index (Phi) is 4.52. The van der Waals surface area contributed by atoms with Crippen molar-refractivity contribution in [3.05, 3.63) is 29.6 Å². The van der Waals surface area contributed by atoms with E-state index in [1.165, 1.54) is 6.07 Å². The van der Waals surface area contributed by atoms with E-state index >= 15 is 0 Å². The summed E-state index contributed by atoms with van der Waals surface area (Å²) in [6, 6.07) is 4.69. The third-order valence-electron chi connectivity index (χ3n) is 2.33. The Hall–Kier alpha value is -1.13. The number of nitrogens with two attached hydrogens (primary N) is 1. The first-order valence-electron chi connectivity index (χ1n) is 5.04. The first kappa shape index (κ1) is 11.9. The molecule has 0 saturated carbocycles. The Bertz CT molecular complexity index is 317. The Labute approximate surface area is 89.3 Å². The van der Waals surface area contributed by atoms with Gasteiger partial charge in [0.25, 0.3) is 0 Å². The van der Waals surface area contributed by atoms with Gasteiger partial charge in [-0.1, -0.05) is 13.0 Å². The Balaban J connectivity index is 2.70. The van der Waals surface area contributed by atoms with Crippen LogP contribution in [0.25, 0.3) is 0 Å². The van der Waals surface area contributed by atoms with Crippen molar-refractivity contribution in [3.63, 3.8) is 0 Å². The molecule has 0 spiro atoms. The number of halogens is 1. The fourth-order valence-electron chi connectivity index (χ4n) is 1.42. The molecule has 1 aromatic carbocycles. The van der Waals surface area contributed by atoms with Crippen molar-refractivity contribution < 1.29 is 9.50 Å². The van der Waals surface area contributed by atoms with Gasteiger partial charge in [-0.05, 0) is 18.7 Å². The van der Waals surface area contributed by atoms with Crippen molar-refractivity contribution in [2.75, 3.05) is 25.4 Å². The highest BCUT2D eigenvalue weighted by atomic mass is 19.1. The van der Waals surface area contributed by atoms with Gasteiger partial charge in [0.2, 0.25) is 0 Å². The van der Waals surface area contributed by atoms with Crippen LogP contribution in [-0.2, 0) is 6.54 Å². The van der Waals surface area contributed by atoms with Crippen LogP contribution in [0.4, 0.5) is 10.1 Å². The molecular formula is C11H17FN2O. The minimum absolute atomic E-state index is 0.0877. The maximum absolute atomic E-state index is 13.4. The van der Waals surface area contributed by atoms with Gasteiger partial charge >= 0.3 is 0 Å². The Morgan fingerprint density at radius 2 is 2.20 bits per heavy atom. The third-order valence-corrected chi connectivity index (χ3v) is 2.33. The molecule has 0 amide bonds. The van der Waals surface area contributed by atoms with Gasteiger partial charge in [0.1, 0.15) is 5.82 Å². The molecule has 0 bridgehead atoms. The largest absolute Gasteiger partial charge is 0.399 e. The summed E-state index contributed by atoms with van der Waals surface area (Å²) >= 11 is 0. The molecule has 0 saturated heterocycles. The molecular weight excluding hydrogens is 195 g/mol. The summed E-state index contributed by atoms with van der Waals surface area (Å²) in [5.41, 5.74) is 6.50. The molecule has 1 aromatic rings. The number of rotatable bonds is 5. The zero-order valence-corrected chi connectivity index (χ0v) is 8.91. The number of aliphatic hydroxyl groups excluding tert-OH is 1. The summed E-state index contributed by atoms with van der Waals surface area (Å²) < 4.78 is 13.4. The maximum atomic E-state index is 13.4. The molecule has 3 nitrogen and oxygen atoms in total. The molecule has 0 radical (unpaired) electrons. The zero-order valence-electron chi connectivity index (χ0n) is 8.91. The van der Waals surface area contributed by atoms with Crippen LogP contribution in [0.3, 0.4) is 0 Å². The second kappa shape index (κ2) is 5.68. The molecule has 3 N–H and O–H groups in total. The van der Waals surface area contributed by atoms with Crippen LogP contribution in [0.5, 0.6) is 0 Å². The lowest BCUT2D eigenvalue weighted by atomic mass is 10.2. The molecule has 0 fully saturated rings. The van der Waals surface area contributed by atoms with Crippen LogP contribution >= 0.6 is 0 Å². The van der Waals surface area contributed by atoms with Crippen molar-refractivity contribution in [1.82, 2.24) is 4.90 Å². The highest BCUT2D eigenvalue weighted by Gasteiger charge is 2.07. The number of nitrogens with zero attached hydrogens (tertiary/aromatic N) is 1. The minimum Gasteiger partial charge on any atom is -0.399 e. The SMILES string of the molecule is CCN(CCO)Cc1ccc(N)cc1F. The number of benzene rings is 1. The van der Waals surface area contributed by atoms with Gasteiger partial charge in [-0.25, -0.2) is 4.39 Å². The third kappa shape index (κ3) is 3.49. The molecule has 84 valence electrons. The highest BCUT2D eigenvalue weighted by molar-refractivity contribution is 5.40. The number of hydrogen-bond donors (Lipinski definition) is 2. The van der Waals surface area contributed by atoms with Crippen LogP contribution in [0.1, 0.15) is 12.5 Å². The van der Waals surface area contributed by atoms with Gasteiger partial charge in [-0.3, -0.25) is 4.90 Å². The van der Waals surface area contributed by atoms with Crippen LogP contribution < -0.4 is 5.73 Å². The smallest absolute Gasteiger partial charge is 0.129 e. The minimum atomic E-state index is -0.286. The zero-order chi connectivity index (χ0) is 11.3. The van der Waals surface area contributed by atoms with Crippen LogP contribution in [0.2, 0.25) is 0 Å². The summed E-state index contributed by atoms with van der Waals surface area (Å²) in [4.78, 5) is 1.97. The number of hydrogen-bond acceptors (Lipinski definition) is 3. The van der Waals surface area contributed by atoms with E-state index in [1.54, 1.807) is 12.1 Å². The summed E-state index contributed by atoms with van der Waals surface area (Å²) in [7, 11) is 0. The molecule has 0 aliphatic rings. The van der Waals surface area contributed by atoms with Crippen molar-refractivity contribution in [3.8, 4) is 0 Å². The van der Waals surface area contributed by atoms with E-state index in [0.29, 0.717) is 24.3 Å². The average molecular weight is 212 g/mol. The summed E-state index contributed by atoms with van der Waals surface area (Å²) in [6.45, 7) is 3.91. The second-order valence-corrected chi connectivity index (χ2v) is 3.44. The lowest BCUT2D eigenvalue weighted by molar-refractivity contribution is 0.195. The maximum Gasteiger partial charge on any atom is 0.129 e. The number of aliphatic hydroxyl groups is 1. The van der Waals surface area contributed by atoms with Gasteiger partial charge in [0, 0.05) is 24.3 Å². The predicted octanol–water partition coefficient (Wildman–Crippen LogP) is 1.22. The number of anilines is 1. The average Bonchev–Trinajstić information content (AvgIpc) is 2.21. The molecule has 1 rings (SSSR count). The molecule has 0 atom stereocenters. The normalized spacial score (nSPS) is 10.9. The Morgan fingerprint density at radius 3 is 2.73 bits per heavy atom.